The molecule has 0 saturated heterocycles. The summed E-state index contributed by atoms with van der Waals surface area (Å²) in [7, 11) is 0. The topological polar surface area (TPSA) is 70.9 Å². The molecule has 0 radical (unpaired) electrons. The Morgan fingerprint density at radius 1 is 1.58 bits per heavy atom. The lowest BCUT2D eigenvalue weighted by atomic mass is 10.2. The lowest BCUT2D eigenvalue weighted by Crippen LogP contribution is -2.21. The Hall–Kier alpha value is -1.88. The number of aromatic nitrogens is 2. The van der Waals surface area contributed by atoms with Crippen molar-refractivity contribution in [1.29, 1.82) is 0 Å². The number of aromatic amines is 1. The number of nitrogens with zero attached hydrogens (tertiary/aromatic N) is 1. The van der Waals surface area contributed by atoms with Crippen molar-refractivity contribution < 1.29 is 4.42 Å². The quantitative estimate of drug-likeness (QED) is 0.862. The molecule has 0 amide bonds. The van der Waals surface area contributed by atoms with Crippen molar-refractivity contribution in [1.82, 2.24) is 15.3 Å². The molecule has 1 aliphatic rings. The van der Waals surface area contributed by atoms with E-state index in [0.29, 0.717) is 12.5 Å². The van der Waals surface area contributed by atoms with Crippen LogP contribution in [0, 0.1) is 0 Å². The lowest BCUT2D eigenvalue weighted by Gasteiger charge is -2.11. The van der Waals surface area contributed by atoms with E-state index in [1.165, 1.54) is 0 Å². The molecule has 2 heterocycles. The van der Waals surface area contributed by atoms with E-state index in [0.717, 1.165) is 29.9 Å². The van der Waals surface area contributed by atoms with Gasteiger partial charge in [0, 0.05) is 30.1 Å². The molecule has 100 valence electrons. The molecule has 3 rings (SSSR count). The minimum absolute atomic E-state index is 0.0651. The van der Waals surface area contributed by atoms with Gasteiger partial charge in [0.1, 0.15) is 5.82 Å². The summed E-state index contributed by atoms with van der Waals surface area (Å²) in [6.45, 7) is 2.63. The Kier molecular flexibility index (Phi) is 3.21. The van der Waals surface area contributed by atoms with Crippen molar-refractivity contribution in [3.8, 4) is 0 Å². The van der Waals surface area contributed by atoms with E-state index in [1.807, 2.05) is 6.07 Å². The predicted molar refractivity (Wildman–Crippen MR) is 70.8 cm³/mol. The highest BCUT2D eigenvalue weighted by molar-refractivity contribution is 5.12. The summed E-state index contributed by atoms with van der Waals surface area (Å²) < 4.78 is 5.05. The predicted octanol–water partition coefficient (Wildman–Crippen LogP) is 2.09. The number of hydrogen-bond acceptors (Lipinski definition) is 4. The Bertz CT molecular complexity index is 599. The third-order valence-electron chi connectivity index (χ3n) is 3.41. The van der Waals surface area contributed by atoms with Crippen LogP contribution in [0.2, 0.25) is 0 Å². The molecule has 5 nitrogen and oxygen atoms in total. The Labute approximate surface area is 111 Å². The fourth-order valence-electron chi connectivity index (χ4n) is 2.07. The first-order chi connectivity index (χ1) is 9.22. The van der Waals surface area contributed by atoms with Gasteiger partial charge in [0.15, 0.2) is 0 Å². The van der Waals surface area contributed by atoms with Crippen LogP contribution in [0.5, 0.6) is 0 Å². The highest BCUT2D eigenvalue weighted by Crippen LogP contribution is 2.37. The van der Waals surface area contributed by atoms with Gasteiger partial charge in [-0.15, -0.1) is 0 Å². The average molecular weight is 259 g/mol. The molecule has 5 heteroatoms. The smallest absolute Gasteiger partial charge is 0.251 e. The van der Waals surface area contributed by atoms with Crippen LogP contribution in [0.3, 0.4) is 0 Å². The van der Waals surface area contributed by atoms with Crippen molar-refractivity contribution >= 4 is 0 Å². The largest absolute Gasteiger partial charge is 0.472 e. The van der Waals surface area contributed by atoms with Crippen molar-refractivity contribution in [3.63, 3.8) is 0 Å². The number of H-pyrrole nitrogens is 1. The van der Waals surface area contributed by atoms with E-state index in [-0.39, 0.29) is 11.6 Å². The van der Waals surface area contributed by atoms with Crippen LogP contribution in [-0.2, 0) is 6.54 Å². The fourth-order valence-corrected chi connectivity index (χ4v) is 2.07. The van der Waals surface area contributed by atoms with Gasteiger partial charge in [-0.1, -0.05) is 0 Å². The molecule has 2 aromatic heterocycles. The summed E-state index contributed by atoms with van der Waals surface area (Å²) in [5.74, 6) is 1.29. The van der Waals surface area contributed by atoms with Crippen molar-refractivity contribution in [2.45, 2.75) is 38.3 Å². The number of hydrogen-bond donors (Lipinski definition) is 2. The molecule has 0 bridgehead atoms. The molecule has 1 fully saturated rings. The second kappa shape index (κ2) is 5.01. The molecule has 1 saturated carbocycles. The summed E-state index contributed by atoms with van der Waals surface area (Å²) in [5.41, 5.74) is 1.82. The maximum Gasteiger partial charge on any atom is 0.251 e. The van der Waals surface area contributed by atoms with Gasteiger partial charge in [-0.05, 0) is 25.8 Å². The van der Waals surface area contributed by atoms with Gasteiger partial charge in [0.05, 0.1) is 18.2 Å². The number of rotatable bonds is 5. The van der Waals surface area contributed by atoms with Crippen LogP contribution >= 0.6 is 0 Å². The van der Waals surface area contributed by atoms with E-state index in [4.69, 9.17) is 4.42 Å². The zero-order valence-electron chi connectivity index (χ0n) is 10.8. The molecule has 19 heavy (non-hydrogen) atoms. The maximum atomic E-state index is 11.6. The second-order valence-electron chi connectivity index (χ2n) is 5.06. The number of furan rings is 1. The standard InChI is InChI=1S/C14H17N3O2/c1-9(11-4-5-19-8-11)15-7-12-6-13(18)17-14(16-12)10-2-3-10/h4-6,8-10,15H,2-3,7H2,1H3,(H,16,17,18). The molecule has 2 aromatic rings. The zero-order chi connectivity index (χ0) is 13.2. The van der Waals surface area contributed by atoms with E-state index < -0.39 is 0 Å². The van der Waals surface area contributed by atoms with Crippen LogP contribution in [0.1, 0.15) is 48.8 Å². The fraction of sp³-hybridized carbons (Fsp3) is 0.429. The summed E-state index contributed by atoms with van der Waals surface area (Å²) in [4.78, 5) is 18.9. The molecule has 0 aliphatic heterocycles. The highest BCUT2D eigenvalue weighted by atomic mass is 16.3. The van der Waals surface area contributed by atoms with Crippen LogP contribution in [0.4, 0.5) is 0 Å². The van der Waals surface area contributed by atoms with E-state index in [9.17, 15) is 4.79 Å². The first kappa shape index (κ1) is 12.2. The van der Waals surface area contributed by atoms with Gasteiger partial charge in [0.2, 0.25) is 0 Å². The Balaban J connectivity index is 1.68. The normalized spacial score (nSPS) is 16.5. The van der Waals surface area contributed by atoms with Gasteiger partial charge in [0.25, 0.3) is 5.56 Å². The van der Waals surface area contributed by atoms with Crippen molar-refractivity contribution in [2.24, 2.45) is 0 Å². The van der Waals surface area contributed by atoms with Gasteiger partial charge in [-0.3, -0.25) is 4.79 Å². The number of nitrogens with one attached hydrogen (secondary N) is 2. The molecule has 2 N–H and O–H groups in total. The van der Waals surface area contributed by atoms with Gasteiger partial charge >= 0.3 is 0 Å². The second-order valence-corrected chi connectivity index (χ2v) is 5.06. The first-order valence-corrected chi connectivity index (χ1v) is 6.58. The lowest BCUT2D eigenvalue weighted by molar-refractivity contribution is 0.534. The molecule has 1 unspecified atom stereocenters. The minimum Gasteiger partial charge on any atom is -0.472 e. The van der Waals surface area contributed by atoms with Crippen molar-refractivity contribution in [3.05, 3.63) is 52.1 Å². The molecule has 0 spiro atoms. The van der Waals surface area contributed by atoms with Gasteiger partial charge in [-0.2, -0.15) is 0 Å². The van der Waals surface area contributed by atoms with E-state index in [2.05, 4.69) is 22.2 Å². The third kappa shape index (κ3) is 2.93. The molecule has 0 aromatic carbocycles. The Morgan fingerprint density at radius 3 is 3.11 bits per heavy atom. The van der Waals surface area contributed by atoms with Crippen LogP contribution in [0.25, 0.3) is 0 Å². The van der Waals surface area contributed by atoms with Crippen LogP contribution < -0.4 is 10.9 Å². The molecular weight excluding hydrogens is 242 g/mol. The molecular formula is C14H17N3O2. The van der Waals surface area contributed by atoms with Crippen LogP contribution in [-0.4, -0.2) is 9.97 Å². The van der Waals surface area contributed by atoms with E-state index >= 15 is 0 Å². The summed E-state index contributed by atoms with van der Waals surface area (Å²) in [5, 5.41) is 3.34. The Morgan fingerprint density at radius 2 is 2.42 bits per heavy atom. The first-order valence-electron chi connectivity index (χ1n) is 6.58. The van der Waals surface area contributed by atoms with Gasteiger partial charge in [-0.25, -0.2) is 4.98 Å². The third-order valence-corrected chi connectivity index (χ3v) is 3.41. The minimum atomic E-state index is -0.0651. The van der Waals surface area contributed by atoms with E-state index in [1.54, 1.807) is 18.6 Å². The molecule has 1 aliphatic carbocycles. The molecule has 1 atom stereocenters. The summed E-state index contributed by atoms with van der Waals surface area (Å²) >= 11 is 0. The van der Waals surface area contributed by atoms with Crippen molar-refractivity contribution in [2.75, 3.05) is 0 Å². The van der Waals surface area contributed by atoms with Gasteiger partial charge < -0.3 is 14.7 Å². The summed E-state index contributed by atoms with van der Waals surface area (Å²) in [6, 6.07) is 3.66. The highest BCUT2D eigenvalue weighted by Gasteiger charge is 2.26. The monoisotopic (exact) mass is 259 g/mol. The average Bonchev–Trinajstić information content (AvgIpc) is 3.11. The maximum absolute atomic E-state index is 11.6. The summed E-state index contributed by atoms with van der Waals surface area (Å²) in [6.07, 6.45) is 5.64. The zero-order valence-corrected chi connectivity index (χ0v) is 10.8. The van der Waals surface area contributed by atoms with Crippen LogP contribution in [0.15, 0.2) is 33.9 Å². The SMILES string of the molecule is CC(NCc1cc(=O)[nH]c(C2CC2)n1)c1ccoc1.